The van der Waals surface area contributed by atoms with Crippen molar-refractivity contribution in [3.63, 3.8) is 0 Å². The van der Waals surface area contributed by atoms with Gasteiger partial charge in [0.05, 0.1) is 6.04 Å². The number of halogens is 2. The first-order valence-corrected chi connectivity index (χ1v) is 6.44. The van der Waals surface area contributed by atoms with E-state index >= 15 is 0 Å². The number of carbonyl (C=O) groups excluding carboxylic acids is 1. The molecule has 0 aromatic heterocycles. The van der Waals surface area contributed by atoms with Crippen LogP contribution in [0.1, 0.15) is 44.7 Å². The minimum atomic E-state index is -0.639. The molecule has 106 valence electrons. The van der Waals surface area contributed by atoms with E-state index in [2.05, 4.69) is 5.32 Å². The van der Waals surface area contributed by atoms with Gasteiger partial charge in [0.2, 0.25) is 5.91 Å². The molecule has 5 heteroatoms. The zero-order chi connectivity index (χ0) is 14.4. The molecule has 1 aromatic carbocycles. The Balaban J connectivity index is 2.70. The van der Waals surface area contributed by atoms with Crippen molar-refractivity contribution < 1.29 is 13.6 Å². The van der Waals surface area contributed by atoms with Crippen molar-refractivity contribution in [1.82, 2.24) is 5.32 Å². The number of rotatable bonds is 6. The summed E-state index contributed by atoms with van der Waals surface area (Å²) in [5.74, 6) is -1.44. The maximum atomic E-state index is 13.6. The molecule has 0 aliphatic heterocycles. The molecular formula is C14H20F2N2O. The number of nitrogens with one attached hydrogen (secondary N) is 1. The molecule has 0 heterocycles. The lowest BCUT2D eigenvalue weighted by molar-refractivity contribution is -0.122. The molecule has 3 N–H and O–H groups in total. The van der Waals surface area contributed by atoms with Gasteiger partial charge >= 0.3 is 0 Å². The van der Waals surface area contributed by atoms with Gasteiger partial charge in [-0.15, -0.1) is 0 Å². The van der Waals surface area contributed by atoms with Gasteiger partial charge in [-0.1, -0.05) is 13.0 Å². The van der Waals surface area contributed by atoms with Gasteiger partial charge in [0.25, 0.3) is 0 Å². The third-order valence-electron chi connectivity index (χ3n) is 2.91. The number of hydrogen-bond donors (Lipinski definition) is 2. The van der Waals surface area contributed by atoms with E-state index in [0.29, 0.717) is 24.8 Å². The lowest BCUT2D eigenvalue weighted by atomic mass is 10.0. The Kier molecular flexibility index (Phi) is 5.89. The third kappa shape index (κ3) is 4.95. The van der Waals surface area contributed by atoms with Crippen molar-refractivity contribution in [2.75, 3.05) is 0 Å². The highest BCUT2D eigenvalue weighted by Gasteiger charge is 2.17. The molecule has 0 radical (unpaired) electrons. The largest absolute Gasteiger partial charge is 0.349 e. The molecule has 0 spiro atoms. The summed E-state index contributed by atoms with van der Waals surface area (Å²) in [6.07, 6.45) is 1.41. The first-order valence-electron chi connectivity index (χ1n) is 6.44. The van der Waals surface area contributed by atoms with Gasteiger partial charge in [-0.25, -0.2) is 8.78 Å². The van der Waals surface area contributed by atoms with Gasteiger partial charge in [0.1, 0.15) is 11.6 Å². The van der Waals surface area contributed by atoms with E-state index in [1.807, 2.05) is 13.8 Å². The van der Waals surface area contributed by atoms with Crippen molar-refractivity contribution >= 4 is 5.91 Å². The topological polar surface area (TPSA) is 55.1 Å². The van der Waals surface area contributed by atoms with Gasteiger partial charge in [-0.3, -0.25) is 4.79 Å². The summed E-state index contributed by atoms with van der Waals surface area (Å²) in [6.45, 7) is 3.66. The lowest BCUT2D eigenvalue weighted by Crippen LogP contribution is -2.30. The predicted molar refractivity (Wildman–Crippen MR) is 70.4 cm³/mol. The smallest absolute Gasteiger partial charge is 0.220 e. The molecular weight excluding hydrogens is 250 g/mol. The Bertz CT molecular complexity index is 435. The molecule has 1 aromatic rings. The van der Waals surface area contributed by atoms with Crippen LogP contribution in [-0.2, 0) is 4.79 Å². The summed E-state index contributed by atoms with van der Waals surface area (Å²) in [7, 11) is 0. The zero-order valence-electron chi connectivity index (χ0n) is 11.2. The molecule has 0 fully saturated rings. The fraction of sp³-hybridized carbons (Fsp3) is 0.500. The molecule has 0 aliphatic rings. The molecule has 3 nitrogen and oxygen atoms in total. The normalized spacial score (nSPS) is 13.9. The molecule has 1 amide bonds. The van der Waals surface area contributed by atoms with Crippen molar-refractivity contribution in [2.45, 2.75) is 45.2 Å². The maximum Gasteiger partial charge on any atom is 0.220 e. The highest BCUT2D eigenvalue weighted by Crippen LogP contribution is 2.21. The Morgan fingerprint density at radius 2 is 2.11 bits per heavy atom. The highest BCUT2D eigenvalue weighted by molar-refractivity contribution is 5.76. The molecule has 1 rings (SSSR count). The van der Waals surface area contributed by atoms with Crippen LogP contribution in [0.2, 0.25) is 0 Å². The second kappa shape index (κ2) is 7.19. The van der Waals surface area contributed by atoms with Crippen LogP contribution in [-0.4, -0.2) is 11.9 Å². The SMILES string of the molecule is CCC(NC(=O)CCC(C)N)c1ccc(F)cc1F. The number of amides is 1. The van der Waals surface area contributed by atoms with Gasteiger partial charge in [0, 0.05) is 24.1 Å². The van der Waals surface area contributed by atoms with E-state index in [9.17, 15) is 13.6 Å². The fourth-order valence-electron chi connectivity index (χ4n) is 1.81. The Labute approximate surface area is 112 Å². The van der Waals surface area contributed by atoms with Crippen LogP contribution in [0.15, 0.2) is 18.2 Å². The first-order chi connectivity index (χ1) is 8.93. The van der Waals surface area contributed by atoms with E-state index in [4.69, 9.17) is 5.73 Å². The predicted octanol–water partition coefficient (Wildman–Crippen LogP) is 2.66. The molecule has 0 saturated carbocycles. The summed E-state index contributed by atoms with van der Waals surface area (Å²) in [4.78, 5) is 11.7. The van der Waals surface area contributed by atoms with Crippen molar-refractivity contribution in [1.29, 1.82) is 0 Å². The van der Waals surface area contributed by atoms with Crippen LogP contribution in [0.4, 0.5) is 8.78 Å². The minimum absolute atomic E-state index is 0.0478. The summed E-state index contributed by atoms with van der Waals surface area (Å²) in [6, 6.07) is 2.89. The quantitative estimate of drug-likeness (QED) is 0.835. The molecule has 0 saturated heterocycles. The highest BCUT2D eigenvalue weighted by atomic mass is 19.1. The molecule has 0 aliphatic carbocycles. The zero-order valence-corrected chi connectivity index (χ0v) is 11.2. The molecule has 0 bridgehead atoms. The lowest BCUT2D eigenvalue weighted by Gasteiger charge is -2.18. The van der Waals surface area contributed by atoms with Gasteiger partial charge in [0.15, 0.2) is 0 Å². The van der Waals surface area contributed by atoms with E-state index in [-0.39, 0.29) is 11.9 Å². The number of hydrogen-bond acceptors (Lipinski definition) is 2. The van der Waals surface area contributed by atoms with Crippen LogP contribution in [0.25, 0.3) is 0 Å². The van der Waals surface area contributed by atoms with Crippen LogP contribution >= 0.6 is 0 Å². The number of benzene rings is 1. The molecule has 2 unspecified atom stereocenters. The monoisotopic (exact) mass is 270 g/mol. The average Bonchev–Trinajstić information content (AvgIpc) is 2.34. The second-order valence-corrected chi connectivity index (χ2v) is 4.71. The maximum absolute atomic E-state index is 13.6. The van der Waals surface area contributed by atoms with Gasteiger partial charge in [-0.05, 0) is 25.8 Å². The summed E-state index contributed by atoms with van der Waals surface area (Å²) >= 11 is 0. The van der Waals surface area contributed by atoms with Crippen molar-refractivity contribution in [3.8, 4) is 0 Å². The fourth-order valence-corrected chi connectivity index (χ4v) is 1.81. The summed E-state index contributed by atoms with van der Waals surface area (Å²) in [5, 5.41) is 2.74. The number of carbonyl (C=O) groups is 1. The van der Waals surface area contributed by atoms with E-state index in [1.165, 1.54) is 12.1 Å². The third-order valence-corrected chi connectivity index (χ3v) is 2.91. The van der Waals surface area contributed by atoms with Crippen LogP contribution in [0.3, 0.4) is 0 Å². The standard InChI is InChI=1S/C14H20F2N2O/c1-3-13(18-14(19)7-4-9(2)17)11-6-5-10(15)8-12(11)16/h5-6,8-9,13H,3-4,7,17H2,1-2H3,(H,18,19). The molecule has 2 atom stereocenters. The van der Waals surface area contributed by atoms with Crippen LogP contribution in [0, 0.1) is 11.6 Å². The van der Waals surface area contributed by atoms with E-state index < -0.39 is 17.7 Å². The Morgan fingerprint density at radius 3 is 2.63 bits per heavy atom. The number of nitrogens with two attached hydrogens (primary N) is 1. The summed E-state index contributed by atoms with van der Waals surface area (Å²) < 4.78 is 26.5. The summed E-state index contributed by atoms with van der Waals surface area (Å²) in [5.41, 5.74) is 5.88. The van der Waals surface area contributed by atoms with Gasteiger partial charge < -0.3 is 11.1 Å². The minimum Gasteiger partial charge on any atom is -0.349 e. The average molecular weight is 270 g/mol. The van der Waals surface area contributed by atoms with Crippen molar-refractivity contribution in [2.24, 2.45) is 5.73 Å². The second-order valence-electron chi connectivity index (χ2n) is 4.71. The molecule has 19 heavy (non-hydrogen) atoms. The van der Waals surface area contributed by atoms with E-state index in [1.54, 1.807) is 0 Å². The van der Waals surface area contributed by atoms with Gasteiger partial charge in [-0.2, -0.15) is 0 Å². The van der Waals surface area contributed by atoms with Crippen LogP contribution < -0.4 is 11.1 Å². The van der Waals surface area contributed by atoms with Crippen molar-refractivity contribution in [3.05, 3.63) is 35.4 Å². The Morgan fingerprint density at radius 1 is 1.42 bits per heavy atom. The van der Waals surface area contributed by atoms with E-state index in [0.717, 1.165) is 6.07 Å². The Hall–Kier alpha value is -1.49. The van der Waals surface area contributed by atoms with Crippen LogP contribution in [0.5, 0.6) is 0 Å². The first kappa shape index (κ1) is 15.6.